The van der Waals surface area contributed by atoms with Crippen molar-refractivity contribution in [3.8, 4) is 0 Å². The van der Waals surface area contributed by atoms with Gasteiger partial charge in [0.05, 0.1) is 6.33 Å². The molecule has 3 N–H and O–H groups in total. The van der Waals surface area contributed by atoms with Crippen LogP contribution >= 0.6 is 0 Å². The van der Waals surface area contributed by atoms with Crippen LogP contribution in [0.2, 0.25) is 0 Å². The largest absolute Gasteiger partial charge is 0.382 e. The van der Waals surface area contributed by atoms with Crippen LogP contribution in [0.25, 0.3) is 11.2 Å². The molecule has 1 amide bonds. The van der Waals surface area contributed by atoms with Gasteiger partial charge < -0.3 is 25.3 Å². The van der Waals surface area contributed by atoms with Crippen LogP contribution in [0.5, 0.6) is 0 Å². The van der Waals surface area contributed by atoms with Gasteiger partial charge in [0.2, 0.25) is 0 Å². The molecule has 35 heavy (non-hydrogen) atoms. The van der Waals surface area contributed by atoms with Crippen LogP contribution < -0.4 is 11.1 Å². The van der Waals surface area contributed by atoms with Crippen molar-refractivity contribution in [1.29, 1.82) is 0 Å². The molecule has 0 bridgehead atoms. The summed E-state index contributed by atoms with van der Waals surface area (Å²) in [4.78, 5) is 41.0. The lowest BCUT2D eigenvalue weighted by atomic mass is 10.0. The number of amides is 1. The second kappa shape index (κ2) is 8.95. The Morgan fingerprint density at radius 3 is 2.86 bits per heavy atom. The van der Waals surface area contributed by atoms with Crippen molar-refractivity contribution < 1.29 is 23.8 Å². The van der Waals surface area contributed by atoms with Gasteiger partial charge in [-0.3, -0.25) is 14.2 Å². The average Bonchev–Trinajstić information content (AvgIpc) is 3.50. The number of fused-ring (bicyclic) bond motifs is 2. The van der Waals surface area contributed by atoms with Crippen LogP contribution in [0.15, 0.2) is 30.9 Å². The second-order valence-electron chi connectivity index (χ2n) is 9.18. The molecule has 3 aromatic rings. The van der Waals surface area contributed by atoms with Crippen molar-refractivity contribution >= 4 is 29.2 Å². The number of pyridine rings is 1. The molecule has 5 rings (SSSR count). The van der Waals surface area contributed by atoms with E-state index in [0.717, 1.165) is 12.0 Å². The van der Waals surface area contributed by atoms with E-state index in [1.807, 2.05) is 13.0 Å². The third kappa shape index (κ3) is 4.35. The summed E-state index contributed by atoms with van der Waals surface area (Å²) in [5.41, 5.74) is 8.03. The summed E-state index contributed by atoms with van der Waals surface area (Å²) >= 11 is 0. The van der Waals surface area contributed by atoms with Crippen molar-refractivity contribution in [3.05, 3.63) is 42.2 Å². The van der Waals surface area contributed by atoms with Gasteiger partial charge in [0.25, 0.3) is 5.91 Å². The summed E-state index contributed by atoms with van der Waals surface area (Å²) in [6, 6.07) is 5.32. The molecular weight excluding hydrogens is 454 g/mol. The number of aromatic nitrogens is 5. The zero-order valence-corrected chi connectivity index (χ0v) is 19.6. The maximum atomic E-state index is 13.1. The van der Waals surface area contributed by atoms with E-state index < -0.39 is 30.3 Å². The zero-order valence-electron chi connectivity index (χ0n) is 19.6. The molecule has 184 valence electrons. The summed E-state index contributed by atoms with van der Waals surface area (Å²) in [5, 5.41) is 2.94. The number of carbonyl (C=O) groups excluding carboxylic acids is 2. The number of aldehydes is 1. The van der Waals surface area contributed by atoms with Crippen LogP contribution in [-0.4, -0.2) is 67.3 Å². The minimum atomic E-state index is -0.893. The van der Waals surface area contributed by atoms with E-state index in [-0.39, 0.29) is 17.6 Å². The predicted octanol–water partition coefficient (Wildman–Crippen LogP) is 1.34. The van der Waals surface area contributed by atoms with Gasteiger partial charge in [-0.05, 0) is 32.4 Å². The van der Waals surface area contributed by atoms with Crippen LogP contribution in [-0.2, 0) is 19.0 Å². The summed E-state index contributed by atoms with van der Waals surface area (Å²) in [6.07, 6.45) is 1.51. The third-order valence-corrected chi connectivity index (χ3v) is 6.24. The average molecular weight is 482 g/mol. The maximum absolute atomic E-state index is 13.1. The van der Waals surface area contributed by atoms with Crippen LogP contribution in [0.3, 0.4) is 0 Å². The Balaban J connectivity index is 1.29. The molecule has 0 spiro atoms. The molecule has 12 nitrogen and oxygen atoms in total. The summed E-state index contributed by atoms with van der Waals surface area (Å²) in [6.45, 7) is 5.99. The van der Waals surface area contributed by atoms with E-state index in [0.29, 0.717) is 29.8 Å². The third-order valence-electron chi connectivity index (χ3n) is 6.24. The standard InChI is InChI=1S/C23H27N7O5/c1-12(14-6-4-5-13(9-31)29-14)7-8-25-21(32)17-16-18(35-23(2,3)34-16)22(33-17)30-11-28-15-19(24)26-10-27-20(15)30/h4-6,9-12,16-18,22H,7-8H2,1-3H3,(H,25,32)(H2,24,26,27)/t12?,16-,17+,18-,22?/m1/s1. The van der Waals surface area contributed by atoms with E-state index >= 15 is 0 Å². The summed E-state index contributed by atoms with van der Waals surface area (Å²) in [7, 11) is 0. The Kier molecular flexibility index (Phi) is 5.95. The number of nitrogens with zero attached hydrogens (tertiary/aromatic N) is 5. The predicted molar refractivity (Wildman–Crippen MR) is 123 cm³/mol. The molecule has 0 saturated carbocycles. The second-order valence-corrected chi connectivity index (χ2v) is 9.18. The number of rotatable bonds is 7. The molecule has 3 aromatic heterocycles. The molecule has 0 aromatic carbocycles. The number of nitrogens with two attached hydrogens (primary N) is 1. The minimum Gasteiger partial charge on any atom is -0.382 e. The van der Waals surface area contributed by atoms with Crippen molar-refractivity contribution in [2.75, 3.05) is 12.3 Å². The topological polar surface area (TPSA) is 156 Å². The Labute approximate surface area is 201 Å². The van der Waals surface area contributed by atoms with Gasteiger partial charge in [0.15, 0.2) is 35.9 Å². The lowest BCUT2D eigenvalue weighted by Gasteiger charge is -2.24. The molecule has 2 aliphatic rings. The number of anilines is 1. The highest BCUT2D eigenvalue weighted by molar-refractivity contribution is 5.83. The molecule has 12 heteroatoms. The number of carbonyl (C=O) groups is 2. The van der Waals surface area contributed by atoms with Gasteiger partial charge >= 0.3 is 0 Å². The normalized spacial score (nSPS) is 25.9. The highest BCUT2D eigenvalue weighted by atomic mass is 16.8. The fourth-order valence-corrected chi connectivity index (χ4v) is 4.54. The number of imidazole rings is 1. The molecule has 2 aliphatic heterocycles. The van der Waals surface area contributed by atoms with Crippen molar-refractivity contribution in [1.82, 2.24) is 29.8 Å². The first-order chi connectivity index (χ1) is 16.8. The van der Waals surface area contributed by atoms with Gasteiger partial charge in [-0.2, -0.15) is 0 Å². The maximum Gasteiger partial charge on any atom is 0.252 e. The van der Waals surface area contributed by atoms with Crippen LogP contribution in [0, 0.1) is 0 Å². The van der Waals surface area contributed by atoms with Gasteiger partial charge in [0.1, 0.15) is 29.7 Å². The number of nitrogens with one attached hydrogen (secondary N) is 1. The van der Waals surface area contributed by atoms with E-state index in [2.05, 4.69) is 25.3 Å². The zero-order chi connectivity index (χ0) is 24.7. The van der Waals surface area contributed by atoms with Crippen molar-refractivity contribution in [2.45, 2.75) is 63.4 Å². The number of hydrogen-bond acceptors (Lipinski definition) is 10. The van der Waals surface area contributed by atoms with E-state index in [1.165, 1.54) is 6.33 Å². The monoisotopic (exact) mass is 481 g/mol. The summed E-state index contributed by atoms with van der Waals surface area (Å²) in [5.74, 6) is -0.884. The molecule has 5 heterocycles. The van der Waals surface area contributed by atoms with E-state index in [9.17, 15) is 9.59 Å². The first-order valence-corrected chi connectivity index (χ1v) is 11.4. The lowest BCUT2D eigenvalue weighted by molar-refractivity contribution is -0.197. The van der Waals surface area contributed by atoms with Crippen LogP contribution in [0.1, 0.15) is 55.5 Å². The Hall–Kier alpha value is -3.48. The molecule has 0 aliphatic carbocycles. The van der Waals surface area contributed by atoms with Crippen molar-refractivity contribution in [2.24, 2.45) is 0 Å². The van der Waals surface area contributed by atoms with Crippen LogP contribution in [0.4, 0.5) is 5.82 Å². The smallest absolute Gasteiger partial charge is 0.252 e. The lowest BCUT2D eigenvalue weighted by Crippen LogP contribution is -2.43. The molecule has 2 saturated heterocycles. The van der Waals surface area contributed by atoms with Crippen molar-refractivity contribution in [3.63, 3.8) is 0 Å². The molecular formula is C23H27N7O5. The number of hydrogen-bond donors (Lipinski definition) is 2. The first kappa shape index (κ1) is 23.3. The van der Waals surface area contributed by atoms with Gasteiger partial charge in [-0.15, -0.1) is 0 Å². The SMILES string of the molecule is CC(CCNC(=O)[C@H]1OC(n2cnc3c(N)ncnc32)[C@@H]2OC(C)(C)O[C@H]12)c1cccc(C=O)n1. The van der Waals surface area contributed by atoms with E-state index in [1.54, 1.807) is 36.9 Å². The Morgan fingerprint density at radius 1 is 1.26 bits per heavy atom. The number of ether oxygens (including phenoxy) is 3. The fourth-order valence-electron chi connectivity index (χ4n) is 4.54. The van der Waals surface area contributed by atoms with Gasteiger partial charge in [0, 0.05) is 18.2 Å². The fraction of sp³-hybridized carbons (Fsp3) is 0.478. The molecule has 5 atom stereocenters. The molecule has 0 radical (unpaired) electrons. The van der Waals surface area contributed by atoms with Gasteiger partial charge in [-0.1, -0.05) is 13.0 Å². The molecule has 2 fully saturated rings. The Bertz CT molecular complexity index is 1260. The molecule has 2 unspecified atom stereocenters. The Morgan fingerprint density at radius 2 is 2.06 bits per heavy atom. The quantitative estimate of drug-likeness (QED) is 0.472. The first-order valence-electron chi connectivity index (χ1n) is 11.4. The highest BCUT2D eigenvalue weighted by Crippen LogP contribution is 2.43. The van der Waals surface area contributed by atoms with Gasteiger partial charge in [-0.25, -0.2) is 19.9 Å². The highest BCUT2D eigenvalue weighted by Gasteiger charge is 2.58. The van der Waals surface area contributed by atoms with E-state index in [4.69, 9.17) is 19.9 Å². The number of nitrogen functional groups attached to an aromatic ring is 1. The summed E-state index contributed by atoms with van der Waals surface area (Å²) < 4.78 is 20.0. The minimum absolute atomic E-state index is 0.0487.